The van der Waals surface area contributed by atoms with Crippen molar-refractivity contribution in [2.45, 2.75) is 13.0 Å². The van der Waals surface area contributed by atoms with E-state index in [1.165, 1.54) is 23.1 Å². The molecular formula is C15H19FN4O3. The van der Waals surface area contributed by atoms with Crippen molar-refractivity contribution in [1.29, 1.82) is 0 Å². The molecule has 0 unspecified atom stereocenters. The lowest BCUT2D eigenvalue weighted by molar-refractivity contribution is 0.0828. The van der Waals surface area contributed by atoms with Crippen molar-refractivity contribution in [3.63, 3.8) is 0 Å². The molecule has 2 aromatic rings. The molecule has 23 heavy (non-hydrogen) atoms. The Kier molecular flexibility index (Phi) is 5.64. The summed E-state index contributed by atoms with van der Waals surface area (Å²) in [5, 5.41) is 6.87. The third-order valence-corrected chi connectivity index (χ3v) is 3.09. The number of amides is 1. The van der Waals surface area contributed by atoms with Gasteiger partial charge in [0.05, 0.1) is 25.1 Å². The number of nitrogens with zero attached hydrogens (tertiary/aromatic N) is 3. The highest BCUT2D eigenvalue weighted by Crippen LogP contribution is 2.19. The second-order valence-electron chi connectivity index (χ2n) is 5.09. The number of methoxy groups -OCH3 is 1. The Hall–Kier alpha value is -2.48. The number of ether oxygens (including phenoxy) is 1. The molecule has 8 heteroatoms. The molecule has 1 amide bonds. The van der Waals surface area contributed by atoms with Gasteiger partial charge in [0.15, 0.2) is 5.82 Å². The van der Waals surface area contributed by atoms with Crippen LogP contribution in [0.2, 0.25) is 0 Å². The minimum absolute atomic E-state index is 0.248. The van der Waals surface area contributed by atoms with E-state index in [2.05, 4.69) is 15.5 Å². The molecule has 0 aliphatic carbocycles. The van der Waals surface area contributed by atoms with E-state index in [4.69, 9.17) is 9.26 Å². The number of hydrogen-bond donors (Lipinski definition) is 1. The van der Waals surface area contributed by atoms with Gasteiger partial charge in [0.1, 0.15) is 5.82 Å². The molecule has 0 fully saturated rings. The Labute approximate surface area is 133 Å². The van der Waals surface area contributed by atoms with Crippen molar-refractivity contribution in [2.24, 2.45) is 0 Å². The average Bonchev–Trinajstić information content (AvgIpc) is 2.98. The summed E-state index contributed by atoms with van der Waals surface area (Å²) in [5.41, 5.74) is 0.756. The van der Waals surface area contributed by atoms with E-state index in [0.29, 0.717) is 30.4 Å². The van der Waals surface area contributed by atoms with Gasteiger partial charge in [-0.2, -0.15) is 4.98 Å². The number of carbonyl (C=O) groups excluding carboxylic acids is 1. The number of aromatic nitrogens is 2. The summed E-state index contributed by atoms with van der Waals surface area (Å²) in [4.78, 5) is 17.7. The fourth-order valence-corrected chi connectivity index (χ4v) is 1.92. The van der Waals surface area contributed by atoms with Crippen LogP contribution < -0.4 is 5.32 Å². The molecule has 1 N–H and O–H groups in total. The molecule has 1 aromatic heterocycles. The van der Waals surface area contributed by atoms with Crippen LogP contribution in [0.15, 0.2) is 22.7 Å². The molecule has 1 aromatic carbocycles. The first kappa shape index (κ1) is 16.9. The monoisotopic (exact) mass is 322 g/mol. The summed E-state index contributed by atoms with van der Waals surface area (Å²) < 4.78 is 23.4. The number of nitrogens with one attached hydrogen (secondary N) is 1. The summed E-state index contributed by atoms with van der Waals surface area (Å²) in [6, 6.07) is 4.00. The van der Waals surface area contributed by atoms with Gasteiger partial charge in [-0.1, -0.05) is 5.16 Å². The van der Waals surface area contributed by atoms with Gasteiger partial charge in [-0.15, -0.1) is 0 Å². The Morgan fingerprint density at radius 1 is 1.43 bits per heavy atom. The van der Waals surface area contributed by atoms with Crippen LogP contribution in [0.25, 0.3) is 0 Å². The Bertz CT molecular complexity index is 672. The second-order valence-corrected chi connectivity index (χ2v) is 5.09. The summed E-state index contributed by atoms with van der Waals surface area (Å²) in [6.45, 7) is 0.754. The van der Waals surface area contributed by atoms with Gasteiger partial charge < -0.3 is 19.5 Å². The molecule has 124 valence electrons. The third kappa shape index (κ3) is 4.49. The summed E-state index contributed by atoms with van der Waals surface area (Å²) in [5.74, 6) is 0.166. The highest BCUT2D eigenvalue weighted by molar-refractivity contribution is 5.99. The molecule has 0 aliphatic heterocycles. The first-order valence-corrected chi connectivity index (χ1v) is 7.06. The van der Waals surface area contributed by atoms with E-state index >= 15 is 0 Å². The summed E-state index contributed by atoms with van der Waals surface area (Å²) in [6.07, 6.45) is 0.532. The molecule has 0 saturated heterocycles. The molecule has 0 radical (unpaired) electrons. The number of rotatable bonds is 7. The Morgan fingerprint density at radius 2 is 2.22 bits per heavy atom. The number of halogens is 1. The fraction of sp³-hybridized carbons (Fsp3) is 0.400. The fourth-order valence-electron chi connectivity index (χ4n) is 1.92. The van der Waals surface area contributed by atoms with E-state index in [0.717, 1.165) is 0 Å². The first-order valence-electron chi connectivity index (χ1n) is 7.06. The molecule has 7 nitrogen and oxygen atoms in total. The van der Waals surface area contributed by atoms with E-state index in [1.54, 1.807) is 21.2 Å². The molecule has 0 bridgehead atoms. The predicted molar refractivity (Wildman–Crippen MR) is 81.6 cm³/mol. The highest BCUT2D eigenvalue weighted by Gasteiger charge is 2.15. The van der Waals surface area contributed by atoms with Crippen molar-refractivity contribution in [3.8, 4) is 0 Å². The molecule has 0 saturated carbocycles. The van der Waals surface area contributed by atoms with E-state index in [9.17, 15) is 9.18 Å². The van der Waals surface area contributed by atoms with Crippen molar-refractivity contribution in [1.82, 2.24) is 15.0 Å². The van der Waals surface area contributed by atoms with Crippen molar-refractivity contribution in [3.05, 3.63) is 41.3 Å². The second kappa shape index (κ2) is 7.68. The van der Waals surface area contributed by atoms with E-state index in [-0.39, 0.29) is 18.0 Å². The lowest BCUT2D eigenvalue weighted by Crippen LogP contribution is -2.23. The van der Waals surface area contributed by atoms with Gasteiger partial charge >= 0.3 is 0 Å². The molecule has 0 atom stereocenters. The first-order chi connectivity index (χ1) is 11.0. The van der Waals surface area contributed by atoms with Gasteiger partial charge in [-0.25, -0.2) is 4.39 Å². The average molecular weight is 322 g/mol. The van der Waals surface area contributed by atoms with Gasteiger partial charge in [0.2, 0.25) is 5.89 Å². The summed E-state index contributed by atoms with van der Waals surface area (Å²) in [7, 11) is 4.81. The highest BCUT2D eigenvalue weighted by atomic mass is 19.1. The van der Waals surface area contributed by atoms with Gasteiger partial charge in [0, 0.05) is 26.9 Å². The topological polar surface area (TPSA) is 80.5 Å². The Balaban J connectivity index is 2.08. The number of carbonyl (C=O) groups is 1. The summed E-state index contributed by atoms with van der Waals surface area (Å²) >= 11 is 0. The van der Waals surface area contributed by atoms with Gasteiger partial charge in [0.25, 0.3) is 5.91 Å². The van der Waals surface area contributed by atoms with Crippen LogP contribution in [0.3, 0.4) is 0 Å². The quantitative estimate of drug-likeness (QED) is 0.836. The maximum Gasteiger partial charge on any atom is 0.255 e. The van der Waals surface area contributed by atoms with Gasteiger partial charge in [-0.05, 0) is 18.2 Å². The van der Waals surface area contributed by atoms with Crippen molar-refractivity contribution >= 4 is 11.6 Å². The van der Waals surface area contributed by atoms with Crippen LogP contribution in [0.1, 0.15) is 22.1 Å². The molecule has 0 aliphatic rings. The normalized spacial score (nSPS) is 10.6. The van der Waals surface area contributed by atoms with Crippen molar-refractivity contribution < 1.29 is 18.4 Å². The van der Waals surface area contributed by atoms with Crippen LogP contribution in [-0.2, 0) is 17.7 Å². The number of anilines is 1. The van der Waals surface area contributed by atoms with Crippen LogP contribution in [0.4, 0.5) is 10.1 Å². The maximum absolute atomic E-state index is 13.4. The Morgan fingerprint density at radius 3 is 2.91 bits per heavy atom. The van der Waals surface area contributed by atoms with Crippen molar-refractivity contribution in [2.75, 3.05) is 33.1 Å². The lowest BCUT2D eigenvalue weighted by Gasteiger charge is -2.14. The minimum Gasteiger partial charge on any atom is -0.384 e. The molecule has 2 rings (SSSR count). The zero-order valence-electron chi connectivity index (χ0n) is 13.3. The molecule has 1 heterocycles. The largest absolute Gasteiger partial charge is 0.384 e. The molecular weight excluding hydrogens is 303 g/mol. The number of benzene rings is 1. The van der Waals surface area contributed by atoms with Crippen LogP contribution in [-0.4, -0.2) is 48.8 Å². The lowest BCUT2D eigenvalue weighted by atomic mass is 10.1. The van der Waals surface area contributed by atoms with Crippen LogP contribution in [0.5, 0.6) is 0 Å². The zero-order valence-corrected chi connectivity index (χ0v) is 13.3. The zero-order chi connectivity index (χ0) is 16.8. The predicted octanol–water partition coefficient (Wildman–Crippen LogP) is 1.71. The standard InChI is InChI=1S/C15H19FN4O3/c1-20(2)15(21)11-8-10(16)4-5-12(11)17-9-13-18-14(23-19-13)6-7-22-3/h4-5,8,17H,6-7,9H2,1-3H3. The maximum atomic E-state index is 13.4. The van der Waals surface area contributed by atoms with E-state index < -0.39 is 5.82 Å². The minimum atomic E-state index is -0.470. The van der Waals surface area contributed by atoms with Crippen LogP contribution >= 0.6 is 0 Å². The number of hydrogen-bond acceptors (Lipinski definition) is 6. The SMILES string of the molecule is COCCc1nc(CNc2ccc(F)cc2C(=O)N(C)C)no1. The third-order valence-electron chi connectivity index (χ3n) is 3.09. The van der Waals surface area contributed by atoms with Gasteiger partial charge in [-0.3, -0.25) is 4.79 Å². The molecule has 0 spiro atoms. The van der Waals surface area contributed by atoms with E-state index in [1.807, 2.05) is 0 Å². The smallest absolute Gasteiger partial charge is 0.255 e. The van der Waals surface area contributed by atoms with Crippen LogP contribution in [0, 0.1) is 5.82 Å².